The van der Waals surface area contributed by atoms with Crippen LogP contribution in [0.3, 0.4) is 0 Å². The van der Waals surface area contributed by atoms with Gasteiger partial charge in [-0.1, -0.05) is 42.5 Å². The molecule has 2 heteroatoms. The predicted octanol–water partition coefficient (Wildman–Crippen LogP) is 3.86. The van der Waals surface area contributed by atoms with Crippen molar-refractivity contribution in [2.45, 2.75) is 37.8 Å². The molecule has 0 saturated heterocycles. The fraction of sp³-hybridized carbons (Fsp3) is 0.333. The Kier molecular flexibility index (Phi) is 4.03. The lowest BCUT2D eigenvalue weighted by molar-refractivity contribution is 0.305. The Balaban J connectivity index is 1.65. The monoisotopic (exact) mass is 267 g/mol. The minimum absolute atomic E-state index is 0.369. The van der Waals surface area contributed by atoms with Gasteiger partial charge in [-0.25, -0.2) is 0 Å². The molecule has 104 valence electrons. The van der Waals surface area contributed by atoms with Crippen molar-refractivity contribution in [2.75, 3.05) is 0 Å². The highest BCUT2D eigenvalue weighted by Crippen LogP contribution is 2.34. The maximum absolute atomic E-state index is 6.00. The largest absolute Gasteiger partial charge is 0.489 e. The van der Waals surface area contributed by atoms with Crippen molar-refractivity contribution in [3.63, 3.8) is 0 Å². The van der Waals surface area contributed by atoms with Gasteiger partial charge in [0.2, 0.25) is 0 Å². The first-order valence-corrected chi connectivity index (χ1v) is 7.33. The molecule has 0 unspecified atom stereocenters. The van der Waals surface area contributed by atoms with Gasteiger partial charge in [0.05, 0.1) is 0 Å². The normalized spacial score (nSPS) is 21.9. The molecule has 0 bridgehead atoms. The maximum Gasteiger partial charge on any atom is 0.120 e. The van der Waals surface area contributed by atoms with E-state index in [0.717, 1.165) is 18.6 Å². The van der Waals surface area contributed by atoms with Gasteiger partial charge in [-0.3, -0.25) is 0 Å². The van der Waals surface area contributed by atoms with Gasteiger partial charge >= 0.3 is 0 Å². The molecule has 2 atom stereocenters. The van der Waals surface area contributed by atoms with Crippen LogP contribution in [0.25, 0.3) is 0 Å². The zero-order valence-corrected chi connectivity index (χ0v) is 11.7. The molecule has 0 amide bonds. The van der Waals surface area contributed by atoms with E-state index >= 15 is 0 Å². The van der Waals surface area contributed by atoms with E-state index in [1.165, 1.54) is 17.5 Å². The molecule has 1 aliphatic rings. The van der Waals surface area contributed by atoms with Crippen molar-refractivity contribution >= 4 is 0 Å². The highest BCUT2D eigenvalue weighted by Gasteiger charge is 2.23. The van der Waals surface area contributed by atoms with Gasteiger partial charge in [-0.2, -0.15) is 0 Å². The minimum Gasteiger partial charge on any atom is -0.489 e. The van der Waals surface area contributed by atoms with Crippen LogP contribution in [0.4, 0.5) is 0 Å². The fourth-order valence-electron chi connectivity index (χ4n) is 2.92. The van der Waals surface area contributed by atoms with Crippen LogP contribution in [0.1, 0.15) is 36.3 Å². The van der Waals surface area contributed by atoms with Gasteiger partial charge < -0.3 is 10.5 Å². The molecule has 0 radical (unpaired) electrons. The van der Waals surface area contributed by atoms with E-state index in [4.69, 9.17) is 10.5 Å². The Morgan fingerprint density at radius 1 is 1.00 bits per heavy atom. The van der Waals surface area contributed by atoms with E-state index < -0.39 is 0 Å². The third kappa shape index (κ3) is 3.20. The molecule has 2 aromatic carbocycles. The zero-order valence-electron chi connectivity index (χ0n) is 11.7. The van der Waals surface area contributed by atoms with Crippen LogP contribution in [0.15, 0.2) is 54.6 Å². The Morgan fingerprint density at radius 2 is 1.85 bits per heavy atom. The van der Waals surface area contributed by atoms with Crippen molar-refractivity contribution in [3.8, 4) is 5.75 Å². The Morgan fingerprint density at radius 3 is 2.60 bits per heavy atom. The molecule has 2 N–H and O–H groups in total. The summed E-state index contributed by atoms with van der Waals surface area (Å²) in [6.07, 6.45) is 3.44. The van der Waals surface area contributed by atoms with Crippen LogP contribution in [0, 0.1) is 0 Å². The summed E-state index contributed by atoms with van der Waals surface area (Å²) >= 11 is 0. The Labute approximate surface area is 120 Å². The Bertz CT molecular complexity index is 552. The standard InChI is InChI=1S/C18H21NO/c19-17-10-9-16(11-17)15-7-4-8-18(12-15)20-13-14-5-2-1-3-6-14/h1-8,12,16-17H,9-11,13,19H2/t16-,17-/m0/s1. The molecule has 0 aliphatic heterocycles. The first-order chi connectivity index (χ1) is 9.81. The summed E-state index contributed by atoms with van der Waals surface area (Å²) in [5.74, 6) is 1.55. The summed E-state index contributed by atoms with van der Waals surface area (Å²) in [5.41, 5.74) is 8.56. The number of hydrogen-bond donors (Lipinski definition) is 1. The van der Waals surface area contributed by atoms with E-state index in [1.807, 2.05) is 24.3 Å². The van der Waals surface area contributed by atoms with Crippen molar-refractivity contribution < 1.29 is 4.74 Å². The molecule has 0 spiro atoms. The van der Waals surface area contributed by atoms with E-state index in [1.54, 1.807) is 0 Å². The lowest BCUT2D eigenvalue weighted by Crippen LogP contribution is -2.14. The molecule has 0 heterocycles. The topological polar surface area (TPSA) is 35.2 Å². The van der Waals surface area contributed by atoms with Gasteiger partial charge in [-0.15, -0.1) is 0 Å². The first-order valence-electron chi connectivity index (χ1n) is 7.33. The highest BCUT2D eigenvalue weighted by atomic mass is 16.5. The summed E-state index contributed by atoms with van der Waals surface area (Å²) in [7, 11) is 0. The second-order valence-electron chi connectivity index (χ2n) is 5.62. The van der Waals surface area contributed by atoms with Crippen molar-refractivity contribution in [1.82, 2.24) is 0 Å². The number of nitrogens with two attached hydrogens (primary N) is 1. The lowest BCUT2D eigenvalue weighted by Gasteiger charge is -2.12. The van der Waals surface area contributed by atoms with Gasteiger partial charge in [0.1, 0.15) is 12.4 Å². The quantitative estimate of drug-likeness (QED) is 0.913. The van der Waals surface area contributed by atoms with Crippen LogP contribution in [-0.4, -0.2) is 6.04 Å². The molecule has 1 saturated carbocycles. The molecule has 2 nitrogen and oxygen atoms in total. The second kappa shape index (κ2) is 6.10. The molecule has 3 rings (SSSR count). The summed E-state index contributed by atoms with van der Waals surface area (Å²) in [6.45, 7) is 0.620. The molecular formula is C18H21NO. The van der Waals surface area contributed by atoms with Gasteiger partial charge in [-0.05, 0) is 48.4 Å². The Hall–Kier alpha value is -1.80. The summed E-state index contributed by atoms with van der Waals surface area (Å²) in [5, 5.41) is 0. The first kappa shape index (κ1) is 13.2. The van der Waals surface area contributed by atoms with Gasteiger partial charge in [0.15, 0.2) is 0 Å². The molecule has 0 aromatic heterocycles. The average molecular weight is 267 g/mol. The van der Waals surface area contributed by atoms with Gasteiger partial charge in [0, 0.05) is 6.04 Å². The van der Waals surface area contributed by atoms with Crippen LogP contribution in [0.5, 0.6) is 5.75 Å². The van der Waals surface area contributed by atoms with Crippen LogP contribution in [0.2, 0.25) is 0 Å². The van der Waals surface area contributed by atoms with Crippen molar-refractivity contribution in [3.05, 3.63) is 65.7 Å². The van der Waals surface area contributed by atoms with E-state index in [9.17, 15) is 0 Å². The zero-order chi connectivity index (χ0) is 13.8. The maximum atomic E-state index is 6.00. The van der Waals surface area contributed by atoms with E-state index in [-0.39, 0.29) is 0 Å². The van der Waals surface area contributed by atoms with Gasteiger partial charge in [0.25, 0.3) is 0 Å². The third-order valence-electron chi connectivity index (χ3n) is 4.05. The summed E-state index contributed by atoms with van der Waals surface area (Å²) in [4.78, 5) is 0. The smallest absolute Gasteiger partial charge is 0.120 e. The van der Waals surface area contributed by atoms with Crippen LogP contribution < -0.4 is 10.5 Å². The third-order valence-corrected chi connectivity index (χ3v) is 4.05. The molecule has 1 fully saturated rings. The average Bonchev–Trinajstić information content (AvgIpc) is 2.93. The number of rotatable bonds is 4. The molecule has 1 aliphatic carbocycles. The molecular weight excluding hydrogens is 246 g/mol. The van der Waals surface area contributed by atoms with E-state index in [2.05, 4.69) is 30.3 Å². The van der Waals surface area contributed by atoms with Crippen LogP contribution >= 0.6 is 0 Å². The SMILES string of the molecule is N[C@H]1CC[C@H](c2cccc(OCc3ccccc3)c2)C1. The van der Waals surface area contributed by atoms with Crippen molar-refractivity contribution in [2.24, 2.45) is 5.73 Å². The molecule has 20 heavy (non-hydrogen) atoms. The summed E-state index contributed by atoms with van der Waals surface area (Å²) < 4.78 is 5.89. The van der Waals surface area contributed by atoms with E-state index in [0.29, 0.717) is 18.6 Å². The number of hydrogen-bond acceptors (Lipinski definition) is 2. The minimum atomic E-state index is 0.369. The van der Waals surface area contributed by atoms with Crippen LogP contribution in [-0.2, 0) is 6.61 Å². The lowest BCUT2D eigenvalue weighted by atomic mass is 9.97. The number of benzene rings is 2. The second-order valence-corrected chi connectivity index (χ2v) is 5.62. The summed E-state index contributed by atoms with van der Waals surface area (Å²) in [6, 6.07) is 19.1. The molecule has 2 aromatic rings. The predicted molar refractivity (Wildman–Crippen MR) is 81.8 cm³/mol. The van der Waals surface area contributed by atoms with Crippen molar-refractivity contribution in [1.29, 1.82) is 0 Å². The highest BCUT2D eigenvalue weighted by molar-refractivity contribution is 5.32. The number of ether oxygens (including phenoxy) is 1. The fourth-order valence-corrected chi connectivity index (χ4v) is 2.92.